The lowest BCUT2D eigenvalue weighted by atomic mass is 9.85. The number of benzene rings is 8. The van der Waals surface area contributed by atoms with Gasteiger partial charge in [-0.15, -0.1) is 0 Å². The summed E-state index contributed by atoms with van der Waals surface area (Å²) in [6.45, 7) is 0. The van der Waals surface area contributed by atoms with Crippen molar-refractivity contribution in [2.45, 2.75) is 0 Å². The second-order valence-corrected chi connectivity index (χ2v) is 12.8. The molecule has 0 saturated carbocycles. The summed E-state index contributed by atoms with van der Waals surface area (Å²) in [5, 5.41) is 10.7. The SMILES string of the molecule is c1ccc(-n2c3ccccc3c3c(-c4c5ccccc5c(-c5ccc6c(c5)oc5ccc7occc7c56)c5ccccc45)cccc32)cc1. The molecule has 0 aliphatic carbocycles. The van der Waals surface area contributed by atoms with Crippen molar-refractivity contribution in [2.75, 3.05) is 0 Å². The molecule has 0 N–H and O–H groups in total. The molecule has 0 saturated heterocycles. The average Bonchev–Trinajstić information content (AvgIpc) is 3.87. The lowest BCUT2D eigenvalue weighted by Gasteiger charge is -2.18. The summed E-state index contributed by atoms with van der Waals surface area (Å²) in [6.07, 6.45) is 1.75. The number of fused-ring (bicyclic) bond motifs is 10. The van der Waals surface area contributed by atoms with E-state index in [0.717, 1.165) is 44.2 Å². The Kier molecular flexibility index (Phi) is 5.38. The molecule has 3 heterocycles. The largest absolute Gasteiger partial charge is 0.464 e. The Balaban J connectivity index is 1.23. The third kappa shape index (κ3) is 3.67. The van der Waals surface area contributed by atoms with E-state index in [1.54, 1.807) is 6.26 Å². The Bertz CT molecular complexity index is 3050. The van der Waals surface area contributed by atoms with Gasteiger partial charge in [-0.1, -0.05) is 103 Å². The van der Waals surface area contributed by atoms with E-state index >= 15 is 0 Å². The highest BCUT2D eigenvalue weighted by Crippen LogP contribution is 2.48. The van der Waals surface area contributed by atoms with E-state index in [1.165, 1.54) is 60.0 Å². The fourth-order valence-electron chi connectivity index (χ4n) is 8.29. The topological polar surface area (TPSA) is 31.2 Å². The standard InChI is InChI=1S/C46H27NO2/c1-2-11-29(12-3-1)47-38-19-9-8-17-34(38)45-37(18-10-20-39(45)47)44-32-15-6-4-13-30(32)43(31-14-5-7-16-33(31)44)28-21-22-35-42(27-28)49-41-24-23-40-36(46(35)41)25-26-48-40/h1-27H. The van der Waals surface area contributed by atoms with Crippen LogP contribution in [0, 0.1) is 0 Å². The second kappa shape index (κ2) is 9.96. The van der Waals surface area contributed by atoms with Crippen molar-refractivity contribution in [1.29, 1.82) is 0 Å². The second-order valence-electron chi connectivity index (χ2n) is 12.8. The van der Waals surface area contributed by atoms with Crippen molar-refractivity contribution in [3.63, 3.8) is 0 Å². The van der Waals surface area contributed by atoms with E-state index in [-0.39, 0.29) is 0 Å². The molecule has 49 heavy (non-hydrogen) atoms. The minimum absolute atomic E-state index is 0.869. The van der Waals surface area contributed by atoms with Gasteiger partial charge in [0.05, 0.1) is 17.3 Å². The van der Waals surface area contributed by atoms with Crippen LogP contribution in [0.2, 0.25) is 0 Å². The number of hydrogen-bond donors (Lipinski definition) is 0. The molecule has 0 spiro atoms. The molecule has 3 aromatic heterocycles. The average molecular weight is 626 g/mol. The summed E-state index contributed by atoms with van der Waals surface area (Å²) >= 11 is 0. The molecule has 8 aromatic carbocycles. The van der Waals surface area contributed by atoms with Crippen LogP contribution >= 0.6 is 0 Å². The number of furan rings is 2. The van der Waals surface area contributed by atoms with Crippen LogP contribution in [0.4, 0.5) is 0 Å². The highest BCUT2D eigenvalue weighted by Gasteiger charge is 2.22. The third-order valence-corrected chi connectivity index (χ3v) is 10.3. The first-order valence-electron chi connectivity index (χ1n) is 16.7. The van der Waals surface area contributed by atoms with E-state index in [4.69, 9.17) is 8.83 Å². The lowest BCUT2D eigenvalue weighted by molar-refractivity contribution is 0.615. The lowest BCUT2D eigenvalue weighted by Crippen LogP contribution is -1.93. The van der Waals surface area contributed by atoms with Crippen LogP contribution < -0.4 is 0 Å². The van der Waals surface area contributed by atoms with Gasteiger partial charge in [-0.2, -0.15) is 0 Å². The smallest absolute Gasteiger partial charge is 0.136 e. The van der Waals surface area contributed by atoms with Gasteiger partial charge < -0.3 is 13.4 Å². The van der Waals surface area contributed by atoms with Crippen molar-refractivity contribution in [1.82, 2.24) is 4.57 Å². The van der Waals surface area contributed by atoms with Gasteiger partial charge in [0.25, 0.3) is 0 Å². The van der Waals surface area contributed by atoms with Crippen LogP contribution in [0.3, 0.4) is 0 Å². The molecule has 0 atom stereocenters. The van der Waals surface area contributed by atoms with Crippen molar-refractivity contribution >= 4 is 76.3 Å². The molecule has 0 bridgehead atoms. The van der Waals surface area contributed by atoms with Crippen molar-refractivity contribution in [3.8, 4) is 27.9 Å². The molecule has 0 radical (unpaired) electrons. The van der Waals surface area contributed by atoms with Gasteiger partial charge in [0.15, 0.2) is 0 Å². The summed E-state index contributed by atoms with van der Waals surface area (Å²) in [5.41, 5.74) is 11.0. The summed E-state index contributed by atoms with van der Waals surface area (Å²) in [5.74, 6) is 0. The monoisotopic (exact) mass is 625 g/mol. The molecule has 0 aliphatic heterocycles. The first-order valence-corrected chi connectivity index (χ1v) is 16.7. The Labute approximate surface area is 280 Å². The maximum Gasteiger partial charge on any atom is 0.136 e. The number of nitrogens with zero attached hydrogens (tertiary/aromatic N) is 1. The maximum absolute atomic E-state index is 6.49. The Morgan fingerprint density at radius 3 is 1.80 bits per heavy atom. The minimum atomic E-state index is 0.869. The predicted molar refractivity (Wildman–Crippen MR) is 204 cm³/mol. The normalized spacial score (nSPS) is 12.1. The first-order chi connectivity index (χ1) is 24.3. The van der Waals surface area contributed by atoms with E-state index in [9.17, 15) is 0 Å². The Hall–Kier alpha value is -6.58. The molecule has 11 rings (SSSR count). The molecule has 11 aromatic rings. The van der Waals surface area contributed by atoms with E-state index in [1.807, 2.05) is 18.2 Å². The summed E-state index contributed by atoms with van der Waals surface area (Å²) < 4.78 is 14.6. The Morgan fingerprint density at radius 2 is 1.02 bits per heavy atom. The van der Waals surface area contributed by atoms with Gasteiger partial charge in [-0.05, 0) is 98.4 Å². The minimum Gasteiger partial charge on any atom is -0.464 e. The summed E-state index contributed by atoms with van der Waals surface area (Å²) in [4.78, 5) is 0. The van der Waals surface area contributed by atoms with Gasteiger partial charge in [-0.3, -0.25) is 0 Å². The third-order valence-electron chi connectivity index (χ3n) is 10.3. The first kappa shape index (κ1) is 26.5. The summed E-state index contributed by atoms with van der Waals surface area (Å²) in [7, 11) is 0. The maximum atomic E-state index is 6.49. The molecular formula is C46H27NO2. The van der Waals surface area contributed by atoms with Gasteiger partial charge in [0.2, 0.25) is 0 Å². The zero-order chi connectivity index (χ0) is 32.1. The number of hydrogen-bond acceptors (Lipinski definition) is 2. The number of para-hydroxylation sites is 2. The van der Waals surface area contributed by atoms with Crippen LogP contribution in [0.15, 0.2) is 173 Å². The number of rotatable bonds is 3. The Morgan fingerprint density at radius 1 is 0.388 bits per heavy atom. The molecule has 3 nitrogen and oxygen atoms in total. The van der Waals surface area contributed by atoms with E-state index < -0.39 is 0 Å². The quantitative estimate of drug-likeness (QED) is 0.183. The van der Waals surface area contributed by atoms with Gasteiger partial charge in [0.1, 0.15) is 16.7 Å². The van der Waals surface area contributed by atoms with Crippen molar-refractivity contribution in [2.24, 2.45) is 0 Å². The van der Waals surface area contributed by atoms with Crippen LogP contribution in [0.1, 0.15) is 0 Å². The van der Waals surface area contributed by atoms with E-state index in [2.05, 4.69) is 144 Å². The molecule has 0 amide bonds. The van der Waals surface area contributed by atoms with Crippen LogP contribution in [-0.2, 0) is 0 Å². The van der Waals surface area contributed by atoms with Gasteiger partial charge in [-0.25, -0.2) is 0 Å². The number of aromatic nitrogens is 1. The highest BCUT2D eigenvalue weighted by atomic mass is 16.3. The van der Waals surface area contributed by atoms with Gasteiger partial charge >= 0.3 is 0 Å². The zero-order valence-electron chi connectivity index (χ0n) is 26.4. The highest BCUT2D eigenvalue weighted by molar-refractivity contribution is 6.27. The van der Waals surface area contributed by atoms with Crippen LogP contribution in [0.5, 0.6) is 0 Å². The van der Waals surface area contributed by atoms with Gasteiger partial charge in [0, 0.05) is 32.6 Å². The van der Waals surface area contributed by atoms with E-state index in [0.29, 0.717) is 0 Å². The molecular weight excluding hydrogens is 599 g/mol. The van der Waals surface area contributed by atoms with Crippen LogP contribution in [0.25, 0.3) is 104 Å². The summed E-state index contributed by atoms with van der Waals surface area (Å²) in [6, 6.07) is 56.7. The zero-order valence-corrected chi connectivity index (χ0v) is 26.4. The molecule has 0 fully saturated rings. The fraction of sp³-hybridized carbons (Fsp3) is 0. The molecule has 0 unspecified atom stereocenters. The fourth-order valence-corrected chi connectivity index (χ4v) is 8.29. The molecule has 0 aliphatic rings. The predicted octanol–water partition coefficient (Wildman–Crippen LogP) is 13.1. The van der Waals surface area contributed by atoms with Crippen molar-refractivity contribution in [3.05, 3.63) is 164 Å². The van der Waals surface area contributed by atoms with Crippen molar-refractivity contribution < 1.29 is 8.83 Å². The molecule has 3 heteroatoms. The molecule has 228 valence electrons. The van der Waals surface area contributed by atoms with Crippen LogP contribution in [-0.4, -0.2) is 4.57 Å².